The first-order valence-electron chi connectivity index (χ1n) is 8.83. The van der Waals surface area contributed by atoms with Gasteiger partial charge in [-0.2, -0.15) is 0 Å². The summed E-state index contributed by atoms with van der Waals surface area (Å²) >= 11 is 6.48. The smallest absolute Gasteiger partial charge is 0.255 e. The van der Waals surface area contributed by atoms with E-state index < -0.39 is 0 Å². The second-order valence-electron chi connectivity index (χ2n) is 6.55. The monoisotopic (exact) mass is 358 g/mol. The average Bonchev–Trinajstić information content (AvgIpc) is 2.62. The van der Waals surface area contributed by atoms with E-state index in [1.54, 1.807) is 4.90 Å². The van der Waals surface area contributed by atoms with Crippen LogP contribution >= 0.6 is 11.6 Å². The lowest BCUT2D eigenvalue weighted by Crippen LogP contribution is -3.14. The van der Waals surface area contributed by atoms with Crippen LogP contribution in [0.25, 0.3) is 0 Å². The summed E-state index contributed by atoms with van der Waals surface area (Å²) in [7, 11) is 0. The van der Waals surface area contributed by atoms with Gasteiger partial charge in [0.2, 0.25) is 0 Å². The van der Waals surface area contributed by atoms with Gasteiger partial charge in [-0.1, -0.05) is 35.4 Å². The molecule has 2 N–H and O–H groups in total. The number of benzene rings is 2. The molecule has 1 fully saturated rings. The number of nitrogens with one attached hydrogen (secondary N) is 2. The van der Waals surface area contributed by atoms with Crippen molar-refractivity contribution in [1.82, 2.24) is 0 Å². The maximum absolute atomic E-state index is 12.6. The van der Waals surface area contributed by atoms with Gasteiger partial charge >= 0.3 is 0 Å². The molecule has 0 aliphatic carbocycles. The van der Waals surface area contributed by atoms with Crippen molar-refractivity contribution in [2.24, 2.45) is 0 Å². The standard InChI is InChI=1S/C20H24ClN3O/c1-3-23-11-13-24(14-12-23)19-17(21)5-4-6-18(19)22-20(25)16-9-7-15(2)8-10-16/h4-10H,3,11-14H2,1-2H3,(H,22,25)/p+1. The highest BCUT2D eigenvalue weighted by molar-refractivity contribution is 6.34. The minimum Gasteiger partial charge on any atom is -0.357 e. The van der Waals surface area contributed by atoms with Crippen LogP contribution in [0.1, 0.15) is 22.8 Å². The predicted octanol–water partition coefficient (Wildman–Crippen LogP) is 2.63. The Morgan fingerprint density at radius 1 is 1.16 bits per heavy atom. The van der Waals surface area contributed by atoms with Gasteiger partial charge in [0.1, 0.15) is 0 Å². The molecule has 5 heteroatoms. The Morgan fingerprint density at radius 3 is 2.48 bits per heavy atom. The van der Waals surface area contributed by atoms with Crippen molar-refractivity contribution in [3.8, 4) is 0 Å². The van der Waals surface area contributed by atoms with Gasteiger partial charge in [-0.05, 0) is 38.1 Å². The van der Waals surface area contributed by atoms with E-state index in [4.69, 9.17) is 11.6 Å². The van der Waals surface area contributed by atoms with Crippen molar-refractivity contribution in [2.75, 3.05) is 42.9 Å². The van der Waals surface area contributed by atoms with E-state index in [-0.39, 0.29) is 5.91 Å². The van der Waals surface area contributed by atoms with E-state index in [1.165, 1.54) is 0 Å². The molecule has 3 rings (SSSR count). The van der Waals surface area contributed by atoms with Crippen LogP contribution in [0.4, 0.5) is 11.4 Å². The van der Waals surface area contributed by atoms with Crippen LogP contribution in [0.2, 0.25) is 5.02 Å². The SMILES string of the molecule is CC[NH+]1CCN(c2c(Cl)cccc2NC(=O)c2ccc(C)cc2)CC1. The molecule has 0 unspecified atom stereocenters. The predicted molar refractivity (Wildman–Crippen MR) is 104 cm³/mol. The highest BCUT2D eigenvalue weighted by Crippen LogP contribution is 2.34. The Balaban J connectivity index is 1.81. The highest BCUT2D eigenvalue weighted by atomic mass is 35.5. The fourth-order valence-corrected chi connectivity index (χ4v) is 3.53. The van der Waals surface area contributed by atoms with Crippen molar-refractivity contribution in [1.29, 1.82) is 0 Å². The first-order chi connectivity index (χ1) is 12.1. The first-order valence-corrected chi connectivity index (χ1v) is 9.21. The number of hydrogen-bond acceptors (Lipinski definition) is 2. The molecule has 0 saturated carbocycles. The van der Waals surface area contributed by atoms with Crippen molar-refractivity contribution in [3.63, 3.8) is 0 Å². The second-order valence-corrected chi connectivity index (χ2v) is 6.95. The summed E-state index contributed by atoms with van der Waals surface area (Å²) in [5.41, 5.74) is 3.49. The van der Waals surface area contributed by atoms with Crippen molar-refractivity contribution < 1.29 is 9.69 Å². The third-order valence-electron chi connectivity index (χ3n) is 4.84. The summed E-state index contributed by atoms with van der Waals surface area (Å²) in [5.74, 6) is -0.110. The summed E-state index contributed by atoms with van der Waals surface area (Å²) in [6.07, 6.45) is 0. The molecule has 1 amide bonds. The van der Waals surface area contributed by atoms with E-state index in [1.807, 2.05) is 49.4 Å². The van der Waals surface area contributed by atoms with Gasteiger partial charge in [0.15, 0.2) is 0 Å². The van der Waals surface area contributed by atoms with Crippen LogP contribution in [0.5, 0.6) is 0 Å². The number of nitrogens with zero attached hydrogens (tertiary/aromatic N) is 1. The summed E-state index contributed by atoms with van der Waals surface area (Å²) in [5, 5.41) is 3.72. The van der Waals surface area contributed by atoms with Crippen LogP contribution in [-0.2, 0) is 0 Å². The maximum Gasteiger partial charge on any atom is 0.255 e. The molecule has 0 radical (unpaired) electrons. The lowest BCUT2D eigenvalue weighted by molar-refractivity contribution is -0.898. The molecule has 0 spiro atoms. The summed E-state index contributed by atoms with van der Waals surface area (Å²) in [6, 6.07) is 13.3. The zero-order valence-corrected chi connectivity index (χ0v) is 15.6. The molecule has 0 bridgehead atoms. The molecule has 1 aliphatic heterocycles. The summed E-state index contributed by atoms with van der Waals surface area (Å²) in [4.78, 5) is 16.5. The largest absolute Gasteiger partial charge is 0.357 e. The zero-order valence-electron chi connectivity index (χ0n) is 14.8. The Kier molecular flexibility index (Phi) is 5.61. The third kappa shape index (κ3) is 4.14. The minimum absolute atomic E-state index is 0.110. The number of amides is 1. The van der Waals surface area contributed by atoms with Crippen molar-refractivity contribution in [3.05, 3.63) is 58.6 Å². The molecular weight excluding hydrogens is 334 g/mol. The van der Waals surface area contributed by atoms with Crippen LogP contribution in [0.15, 0.2) is 42.5 Å². The number of carbonyl (C=O) groups is 1. The van der Waals surface area contributed by atoms with Gasteiger partial charge in [-0.15, -0.1) is 0 Å². The molecule has 1 saturated heterocycles. The van der Waals surface area contributed by atoms with E-state index in [0.29, 0.717) is 10.6 Å². The topological polar surface area (TPSA) is 36.8 Å². The maximum atomic E-state index is 12.6. The van der Waals surface area contributed by atoms with Crippen LogP contribution < -0.4 is 15.1 Å². The Morgan fingerprint density at radius 2 is 1.84 bits per heavy atom. The van der Waals surface area contributed by atoms with Crippen LogP contribution in [0.3, 0.4) is 0 Å². The number of hydrogen-bond donors (Lipinski definition) is 2. The van der Waals surface area contributed by atoms with Gasteiger partial charge in [-0.25, -0.2) is 0 Å². The zero-order chi connectivity index (χ0) is 17.8. The number of quaternary nitrogens is 1. The molecule has 1 heterocycles. The fourth-order valence-electron chi connectivity index (χ4n) is 3.24. The van der Waals surface area contributed by atoms with Crippen LogP contribution in [0, 0.1) is 6.92 Å². The molecule has 4 nitrogen and oxygen atoms in total. The number of rotatable bonds is 4. The first kappa shape index (κ1) is 17.8. The third-order valence-corrected chi connectivity index (χ3v) is 5.14. The van der Waals surface area contributed by atoms with E-state index in [2.05, 4.69) is 17.1 Å². The molecule has 25 heavy (non-hydrogen) atoms. The van der Waals surface area contributed by atoms with Crippen LogP contribution in [-0.4, -0.2) is 38.6 Å². The quantitative estimate of drug-likeness (QED) is 0.881. The molecular formula is C20H25ClN3O+. The lowest BCUT2D eigenvalue weighted by atomic mass is 10.1. The van der Waals surface area contributed by atoms with E-state index in [9.17, 15) is 4.79 Å². The highest BCUT2D eigenvalue weighted by Gasteiger charge is 2.23. The molecule has 2 aromatic carbocycles. The fraction of sp³-hybridized carbons (Fsp3) is 0.350. The number of likely N-dealkylation sites (N-methyl/N-ethyl adjacent to an activating group) is 1. The number of anilines is 2. The molecule has 132 valence electrons. The average molecular weight is 359 g/mol. The second kappa shape index (κ2) is 7.89. The van der Waals surface area contributed by atoms with Crippen molar-refractivity contribution in [2.45, 2.75) is 13.8 Å². The minimum atomic E-state index is -0.110. The number of piperazine rings is 1. The van der Waals surface area contributed by atoms with E-state index >= 15 is 0 Å². The molecule has 2 aromatic rings. The Labute approximate surface area is 154 Å². The van der Waals surface area contributed by atoms with E-state index in [0.717, 1.165) is 49.7 Å². The van der Waals surface area contributed by atoms with Gasteiger partial charge < -0.3 is 15.1 Å². The van der Waals surface area contributed by atoms with Gasteiger partial charge in [0.25, 0.3) is 5.91 Å². The number of aryl methyl sites for hydroxylation is 1. The Bertz CT molecular complexity index is 737. The molecule has 0 aromatic heterocycles. The van der Waals surface area contributed by atoms with Crippen molar-refractivity contribution >= 4 is 28.9 Å². The molecule has 1 aliphatic rings. The summed E-state index contributed by atoms with van der Waals surface area (Å²) in [6.45, 7) is 9.44. The number of para-hydroxylation sites is 1. The lowest BCUT2D eigenvalue weighted by Gasteiger charge is -2.34. The summed E-state index contributed by atoms with van der Waals surface area (Å²) < 4.78 is 0. The van der Waals surface area contributed by atoms with Gasteiger partial charge in [0, 0.05) is 5.56 Å². The molecule has 0 atom stereocenters. The van der Waals surface area contributed by atoms with Gasteiger partial charge in [-0.3, -0.25) is 4.79 Å². The normalized spacial score (nSPS) is 15.2. The Hall–Kier alpha value is -2.04. The van der Waals surface area contributed by atoms with Gasteiger partial charge in [0.05, 0.1) is 49.1 Å². The number of carbonyl (C=O) groups excluding carboxylic acids is 1. The number of halogens is 1.